The van der Waals surface area contributed by atoms with Crippen molar-refractivity contribution in [2.24, 2.45) is 11.7 Å². The van der Waals surface area contributed by atoms with Gasteiger partial charge in [-0.3, -0.25) is 4.90 Å². The topological polar surface area (TPSA) is 68.2 Å². The van der Waals surface area contributed by atoms with Crippen molar-refractivity contribution >= 4 is 12.4 Å². The van der Waals surface area contributed by atoms with E-state index in [4.69, 9.17) is 10.3 Å². The summed E-state index contributed by atoms with van der Waals surface area (Å²) in [4.78, 5) is 6.75. The second-order valence-electron chi connectivity index (χ2n) is 5.84. The average Bonchev–Trinajstić information content (AvgIpc) is 2.97. The van der Waals surface area contributed by atoms with E-state index in [0.717, 1.165) is 31.6 Å². The van der Waals surface area contributed by atoms with Crippen LogP contribution < -0.4 is 5.73 Å². The summed E-state index contributed by atoms with van der Waals surface area (Å²) in [6, 6.07) is 6.10. The fourth-order valence-corrected chi connectivity index (χ4v) is 2.99. The Kier molecular flexibility index (Phi) is 6.50. The van der Waals surface area contributed by atoms with Crippen LogP contribution in [0.25, 0.3) is 11.4 Å². The second-order valence-corrected chi connectivity index (χ2v) is 5.84. The average molecular weight is 341 g/mol. The molecular weight excluding hydrogens is 319 g/mol. The quantitative estimate of drug-likeness (QED) is 0.906. The van der Waals surface area contributed by atoms with Crippen LogP contribution in [-0.2, 0) is 6.54 Å². The Hall–Kier alpha value is -1.50. The van der Waals surface area contributed by atoms with Crippen LogP contribution in [0, 0.1) is 11.7 Å². The number of hydrogen-bond donors (Lipinski definition) is 1. The molecule has 23 heavy (non-hydrogen) atoms. The first-order chi connectivity index (χ1) is 10.7. The second kappa shape index (κ2) is 8.38. The van der Waals surface area contributed by atoms with Crippen LogP contribution in [0.4, 0.5) is 4.39 Å². The third kappa shape index (κ3) is 4.73. The first-order valence-corrected chi connectivity index (χ1v) is 7.75. The molecule has 1 aliphatic rings. The van der Waals surface area contributed by atoms with E-state index in [2.05, 4.69) is 15.0 Å². The van der Waals surface area contributed by atoms with Gasteiger partial charge in [0.15, 0.2) is 0 Å². The number of halogens is 2. The Morgan fingerprint density at radius 1 is 1.30 bits per heavy atom. The third-order valence-electron chi connectivity index (χ3n) is 4.11. The zero-order valence-corrected chi connectivity index (χ0v) is 13.8. The van der Waals surface area contributed by atoms with Gasteiger partial charge in [0.25, 0.3) is 0 Å². The minimum Gasteiger partial charge on any atom is -0.338 e. The van der Waals surface area contributed by atoms with Gasteiger partial charge >= 0.3 is 0 Å². The van der Waals surface area contributed by atoms with Gasteiger partial charge < -0.3 is 10.3 Å². The lowest BCUT2D eigenvalue weighted by atomic mass is 9.95. The van der Waals surface area contributed by atoms with Crippen LogP contribution >= 0.6 is 12.4 Å². The zero-order chi connectivity index (χ0) is 15.4. The summed E-state index contributed by atoms with van der Waals surface area (Å²) in [6.07, 6.45) is 3.50. The molecule has 1 aromatic heterocycles. The first-order valence-electron chi connectivity index (χ1n) is 7.75. The number of hydrogen-bond acceptors (Lipinski definition) is 5. The molecule has 126 valence electrons. The number of nitrogens with two attached hydrogens (primary N) is 1. The molecule has 0 radical (unpaired) electrons. The van der Waals surface area contributed by atoms with Crippen LogP contribution in [0.15, 0.2) is 28.8 Å². The number of nitrogens with zero attached hydrogens (tertiary/aromatic N) is 3. The van der Waals surface area contributed by atoms with Gasteiger partial charge in [0, 0.05) is 12.1 Å². The summed E-state index contributed by atoms with van der Waals surface area (Å²) in [6.45, 7) is 3.49. The van der Waals surface area contributed by atoms with Gasteiger partial charge in [0.05, 0.1) is 6.54 Å². The van der Waals surface area contributed by atoms with Crippen LogP contribution in [-0.4, -0.2) is 34.7 Å². The van der Waals surface area contributed by atoms with Crippen molar-refractivity contribution in [3.63, 3.8) is 0 Å². The Morgan fingerprint density at radius 3 is 2.83 bits per heavy atom. The lowest BCUT2D eigenvalue weighted by molar-refractivity contribution is 0.146. The van der Waals surface area contributed by atoms with Crippen molar-refractivity contribution in [1.29, 1.82) is 0 Å². The summed E-state index contributed by atoms with van der Waals surface area (Å²) < 4.78 is 18.3. The Labute approximate surface area is 141 Å². The van der Waals surface area contributed by atoms with Crippen LogP contribution in [0.5, 0.6) is 0 Å². The zero-order valence-electron chi connectivity index (χ0n) is 12.9. The van der Waals surface area contributed by atoms with Gasteiger partial charge in [-0.05, 0) is 62.5 Å². The number of likely N-dealkylation sites (tertiary alicyclic amines) is 1. The highest BCUT2D eigenvalue weighted by Crippen LogP contribution is 2.21. The van der Waals surface area contributed by atoms with Crippen molar-refractivity contribution < 1.29 is 8.91 Å². The number of aromatic nitrogens is 2. The molecule has 0 aliphatic carbocycles. The van der Waals surface area contributed by atoms with Crippen molar-refractivity contribution in [2.75, 3.05) is 19.6 Å². The molecule has 0 saturated carbocycles. The van der Waals surface area contributed by atoms with Gasteiger partial charge in [0.1, 0.15) is 5.82 Å². The molecule has 1 aliphatic heterocycles. The molecule has 1 atom stereocenters. The molecule has 2 aromatic rings. The number of benzene rings is 1. The van der Waals surface area contributed by atoms with E-state index in [1.165, 1.54) is 25.0 Å². The van der Waals surface area contributed by atoms with E-state index < -0.39 is 0 Å². The predicted octanol–water partition coefficient (Wildman–Crippen LogP) is 2.86. The maximum atomic E-state index is 12.9. The van der Waals surface area contributed by atoms with Crippen LogP contribution in [0.1, 0.15) is 25.2 Å². The Balaban J connectivity index is 0.00000192. The minimum absolute atomic E-state index is 0. The molecule has 5 nitrogen and oxygen atoms in total. The van der Waals surface area contributed by atoms with Crippen molar-refractivity contribution in [1.82, 2.24) is 15.0 Å². The summed E-state index contributed by atoms with van der Waals surface area (Å²) in [7, 11) is 0. The smallest absolute Gasteiger partial charge is 0.241 e. The van der Waals surface area contributed by atoms with E-state index in [1.54, 1.807) is 12.1 Å². The third-order valence-corrected chi connectivity index (χ3v) is 4.11. The van der Waals surface area contributed by atoms with Crippen molar-refractivity contribution in [3.05, 3.63) is 36.0 Å². The van der Waals surface area contributed by atoms with Crippen molar-refractivity contribution in [2.45, 2.75) is 25.8 Å². The van der Waals surface area contributed by atoms with Gasteiger partial charge in [-0.25, -0.2) is 4.39 Å². The van der Waals surface area contributed by atoms with Gasteiger partial charge in [-0.1, -0.05) is 5.16 Å². The largest absolute Gasteiger partial charge is 0.338 e. The predicted molar refractivity (Wildman–Crippen MR) is 88.6 cm³/mol. The molecule has 1 fully saturated rings. The van der Waals surface area contributed by atoms with Crippen LogP contribution in [0.2, 0.25) is 0 Å². The van der Waals surface area contributed by atoms with Gasteiger partial charge in [-0.2, -0.15) is 4.98 Å². The van der Waals surface area contributed by atoms with E-state index >= 15 is 0 Å². The first kappa shape index (κ1) is 17.8. The fourth-order valence-electron chi connectivity index (χ4n) is 2.99. The van der Waals surface area contributed by atoms with Crippen molar-refractivity contribution in [3.8, 4) is 11.4 Å². The summed E-state index contributed by atoms with van der Waals surface area (Å²) in [5, 5.41) is 3.98. The molecule has 2 N–H and O–H groups in total. The molecule has 1 unspecified atom stereocenters. The summed E-state index contributed by atoms with van der Waals surface area (Å²) >= 11 is 0. The van der Waals surface area contributed by atoms with Crippen LogP contribution in [0.3, 0.4) is 0 Å². The molecule has 0 bridgehead atoms. The van der Waals surface area contributed by atoms with E-state index in [-0.39, 0.29) is 18.2 Å². The van der Waals surface area contributed by atoms with E-state index in [1.807, 2.05) is 0 Å². The normalized spacial score (nSPS) is 18.6. The lowest BCUT2D eigenvalue weighted by Gasteiger charge is -2.31. The fraction of sp³-hybridized carbons (Fsp3) is 0.500. The summed E-state index contributed by atoms with van der Waals surface area (Å²) in [5.74, 6) is 1.50. The van der Waals surface area contributed by atoms with Gasteiger partial charge in [0.2, 0.25) is 11.7 Å². The SMILES string of the molecule is Cl.NCCC1CCCN(Cc2nc(-c3ccc(F)cc3)no2)C1. The lowest BCUT2D eigenvalue weighted by Crippen LogP contribution is -2.35. The molecule has 7 heteroatoms. The van der Waals surface area contributed by atoms with E-state index in [0.29, 0.717) is 24.2 Å². The molecule has 2 heterocycles. The molecule has 3 rings (SSSR count). The van der Waals surface area contributed by atoms with Gasteiger partial charge in [-0.15, -0.1) is 12.4 Å². The molecule has 0 spiro atoms. The minimum atomic E-state index is -0.272. The molecule has 1 aromatic carbocycles. The molecule has 1 saturated heterocycles. The Bertz CT molecular complexity index is 602. The Morgan fingerprint density at radius 2 is 2.09 bits per heavy atom. The summed E-state index contributed by atoms with van der Waals surface area (Å²) in [5.41, 5.74) is 6.41. The highest BCUT2D eigenvalue weighted by molar-refractivity contribution is 5.85. The highest BCUT2D eigenvalue weighted by Gasteiger charge is 2.21. The molecular formula is C16H22ClFN4O. The highest BCUT2D eigenvalue weighted by atomic mass is 35.5. The number of piperidine rings is 1. The maximum Gasteiger partial charge on any atom is 0.241 e. The van der Waals surface area contributed by atoms with E-state index in [9.17, 15) is 4.39 Å². The maximum absolute atomic E-state index is 12.9. The molecule has 0 amide bonds. The monoisotopic (exact) mass is 340 g/mol. The standard InChI is InChI=1S/C16H21FN4O.ClH/c17-14-5-3-13(4-6-14)16-19-15(22-20-16)11-21-9-1-2-12(10-21)7-8-18;/h3-6,12H,1-2,7-11,18H2;1H. The number of rotatable bonds is 5.